The van der Waals surface area contributed by atoms with Crippen molar-refractivity contribution < 1.29 is 4.79 Å². The van der Waals surface area contributed by atoms with Crippen LogP contribution in [0.25, 0.3) is 0 Å². The maximum absolute atomic E-state index is 12.4. The lowest BCUT2D eigenvalue weighted by Gasteiger charge is -2.35. The van der Waals surface area contributed by atoms with Crippen LogP contribution in [0, 0.1) is 11.8 Å². The summed E-state index contributed by atoms with van der Waals surface area (Å²) in [5.41, 5.74) is 0. The standard InChI is InChI=1S/C17H34N4OS/c1-14(2)16-13-21(9-10-23-16)17(22)18-11-15(3)12-20-7-5-19(4)6-8-20/h14-16H,5-13H2,1-4H3,(H,18,22). The smallest absolute Gasteiger partial charge is 0.317 e. The molecule has 2 saturated heterocycles. The Hall–Kier alpha value is -0.460. The summed E-state index contributed by atoms with van der Waals surface area (Å²) in [6.45, 7) is 15.0. The fraction of sp³-hybridized carbons (Fsp3) is 0.941. The molecule has 0 aromatic heterocycles. The first-order valence-corrected chi connectivity index (χ1v) is 10.1. The molecule has 2 aliphatic rings. The number of nitrogens with zero attached hydrogens (tertiary/aromatic N) is 3. The minimum atomic E-state index is 0.126. The Morgan fingerprint density at radius 3 is 2.52 bits per heavy atom. The Labute approximate surface area is 146 Å². The fourth-order valence-corrected chi connectivity index (χ4v) is 4.47. The molecule has 2 rings (SSSR count). The maximum Gasteiger partial charge on any atom is 0.317 e. The Bertz CT molecular complexity index is 372. The second kappa shape index (κ2) is 9.14. The molecule has 0 saturated carbocycles. The molecule has 0 aliphatic carbocycles. The largest absolute Gasteiger partial charge is 0.338 e. The van der Waals surface area contributed by atoms with Crippen LogP contribution in [0.4, 0.5) is 4.79 Å². The zero-order valence-electron chi connectivity index (χ0n) is 15.3. The molecular formula is C17H34N4OS. The Kier molecular flexibility index (Phi) is 7.50. The lowest BCUT2D eigenvalue weighted by atomic mass is 10.1. The van der Waals surface area contributed by atoms with Crippen LogP contribution in [-0.4, -0.2) is 91.1 Å². The average molecular weight is 343 g/mol. The molecular weight excluding hydrogens is 308 g/mol. The zero-order valence-corrected chi connectivity index (χ0v) is 16.1. The van der Waals surface area contributed by atoms with Gasteiger partial charge < -0.3 is 20.0 Å². The van der Waals surface area contributed by atoms with E-state index < -0.39 is 0 Å². The van der Waals surface area contributed by atoms with E-state index in [0.29, 0.717) is 17.1 Å². The van der Waals surface area contributed by atoms with Crippen LogP contribution in [0.15, 0.2) is 0 Å². The van der Waals surface area contributed by atoms with Gasteiger partial charge in [0.05, 0.1) is 0 Å². The summed E-state index contributed by atoms with van der Waals surface area (Å²) in [6.07, 6.45) is 0. The van der Waals surface area contributed by atoms with Crippen LogP contribution in [0.3, 0.4) is 0 Å². The van der Waals surface area contributed by atoms with E-state index in [-0.39, 0.29) is 6.03 Å². The summed E-state index contributed by atoms with van der Waals surface area (Å²) in [5, 5.41) is 3.73. The number of urea groups is 1. The highest BCUT2D eigenvalue weighted by Gasteiger charge is 2.26. The third-order valence-corrected chi connectivity index (χ3v) is 6.43. The minimum Gasteiger partial charge on any atom is -0.338 e. The van der Waals surface area contributed by atoms with Crippen molar-refractivity contribution in [2.24, 2.45) is 11.8 Å². The highest BCUT2D eigenvalue weighted by atomic mass is 32.2. The predicted molar refractivity (Wildman–Crippen MR) is 99.2 cm³/mol. The summed E-state index contributed by atoms with van der Waals surface area (Å²) in [5.74, 6) is 2.20. The van der Waals surface area contributed by atoms with E-state index in [9.17, 15) is 4.79 Å². The predicted octanol–water partition coefficient (Wildman–Crippen LogP) is 1.65. The van der Waals surface area contributed by atoms with Crippen molar-refractivity contribution in [3.8, 4) is 0 Å². The number of amides is 2. The zero-order chi connectivity index (χ0) is 16.8. The molecule has 0 spiro atoms. The van der Waals surface area contributed by atoms with Crippen molar-refractivity contribution in [2.75, 3.05) is 65.2 Å². The molecule has 1 N–H and O–H groups in total. The van der Waals surface area contributed by atoms with Crippen LogP contribution < -0.4 is 5.32 Å². The first-order chi connectivity index (χ1) is 11.0. The summed E-state index contributed by atoms with van der Waals surface area (Å²) in [4.78, 5) is 19.3. The molecule has 23 heavy (non-hydrogen) atoms. The van der Waals surface area contributed by atoms with Gasteiger partial charge in [-0.25, -0.2) is 4.79 Å². The van der Waals surface area contributed by atoms with Crippen LogP contribution in [0.5, 0.6) is 0 Å². The van der Waals surface area contributed by atoms with Crippen molar-refractivity contribution in [1.29, 1.82) is 0 Å². The summed E-state index contributed by atoms with van der Waals surface area (Å²) in [6, 6.07) is 0.126. The van der Waals surface area contributed by atoms with E-state index >= 15 is 0 Å². The monoisotopic (exact) mass is 342 g/mol. The molecule has 0 radical (unpaired) electrons. The van der Waals surface area contributed by atoms with Crippen LogP contribution in [-0.2, 0) is 0 Å². The fourth-order valence-electron chi connectivity index (χ4n) is 3.17. The van der Waals surface area contributed by atoms with Gasteiger partial charge in [0.1, 0.15) is 0 Å². The highest BCUT2D eigenvalue weighted by Crippen LogP contribution is 2.24. The number of piperazine rings is 1. The minimum absolute atomic E-state index is 0.126. The van der Waals surface area contributed by atoms with Gasteiger partial charge >= 0.3 is 6.03 Å². The van der Waals surface area contributed by atoms with Gasteiger partial charge in [0, 0.05) is 63.4 Å². The van der Waals surface area contributed by atoms with Crippen molar-refractivity contribution in [3.05, 3.63) is 0 Å². The highest BCUT2D eigenvalue weighted by molar-refractivity contribution is 8.00. The van der Waals surface area contributed by atoms with Gasteiger partial charge in [-0.1, -0.05) is 20.8 Å². The number of nitrogens with one attached hydrogen (secondary N) is 1. The Balaban J connectivity index is 1.67. The van der Waals surface area contributed by atoms with Crippen molar-refractivity contribution >= 4 is 17.8 Å². The molecule has 2 heterocycles. The second-order valence-corrected chi connectivity index (χ2v) is 8.84. The van der Waals surface area contributed by atoms with Crippen LogP contribution in [0.2, 0.25) is 0 Å². The molecule has 5 nitrogen and oxygen atoms in total. The number of hydrogen-bond donors (Lipinski definition) is 1. The summed E-state index contributed by atoms with van der Waals surface area (Å²) >= 11 is 2.01. The Morgan fingerprint density at radius 1 is 1.17 bits per heavy atom. The van der Waals surface area contributed by atoms with Gasteiger partial charge in [0.25, 0.3) is 0 Å². The average Bonchev–Trinajstić information content (AvgIpc) is 2.55. The van der Waals surface area contributed by atoms with Crippen LogP contribution in [0.1, 0.15) is 20.8 Å². The second-order valence-electron chi connectivity index (χ2n) is 7.49. The van der Waals surface area contributed by atoms with Crippen molar-refractivity contribution in [2.45, 2.75) is 26.0 Å². The SMILES string of the molecule is CC(CNC(=O)N1CCSC(C(C)C)C1)CN1CCN(C)CC1. The molecule has 2 atom stereocenters. The number of thioether (sulfide) groups is 1. The third kappa shape index (κ3) is 6.16. The summed E-state index contributed by atoms with van der Waals surface area (Å²) < 4.78 is 0. The number of carbonyl (C=O) groups is 1. The van der Waals surface area contributed by atoms with Gasteiger partial charge in [-0.15, -0.1) is 0 Å². The summed E-state index contributed by atoms with van der Waals surface area (Å²) in [7, 11) is 2.18. The first-order valence-electron chi connectivity index (χ1n) is 9.01. The molecule has 2 unspecified atom stereocenters. The third-order valence-electron chi connectivity index (χ3n) is 4.89. The number of likely N-dealkylation sites (N-methyl/N-ethyl adjacent to an activating group) is 1. The lowest BCUT2D eigenvalue weighted by molar-refractivity contribution is 0.137. The van der Waals surface area contributed by atoms with E-state index in [1.165, 1.54) is 0 Å². The van der Waals surface area contributed by atoms with E-state index in [0.717, 1.165) is 58.1 Å². The quantitative estimate of drug-likeness (QED) is 0.825. The lowest BCUT2D eigenvalue weighted by Crippen LogP contribution is -2.50. The van der Waals surface area contributed by atoms with E-state index in [2.05, 4.69) is 42.9 Å². The number of rotatable bonds is 5. The molecule has 2 fully saturated rings. The van der Waals surface area contributed by atoms with Crippen molar-refractivity contribution in [3.63, 3.8) is 0 Å². The normalized spacial score (nSPS) is 25.6. The number of carbonyl (C=O) groups excluding carboxylic acids is 1. The van der Waals surface area contributed by atoms with Gasteiger partial charge in [-0.2, -0.15) is 11.8 Å². The Morgan fingerprint density at radius 2 is 1.87 bits per heavy atom. The maximum atomic E-state index is 12.4. The molecule has 0 bridgehead atoms. The van der Waals surface area contributed by atoms with E-state index in [1.54, 1.807) is 0 Å². The topological polar surface area (TPSA) is 38.8 Å². The van der Waals surface area contributed by atoms with Crippen LogP contribution >= 0.6 is 11.8 Å². The van der Waals surface area contributed by atoms with Gasteiger partial charge in [-0.3, -0.25) is 0 Å². The molecule has 0 aromatic rings. The van der Waals surface area contributed by atoms with E-state index in [4.69, 9.17) is 0 Å². The van der Waals surface area contributed by atoms with Crippen molar-refractivity contribution in [1.82, 2.24) is 20.0 Å². The molecule has 0 aromatic carbocycles. The van der Waals surface area contributed by atoms with E-state index in [1.807, 2.05) is 16.7 Å². The molecule has 2 aliphatic heterocycles. The first kappa shape index (κ1) is 18.9. The molecule has 6 heteroatoms. The van der Waals surface area contributed by atoms with Gasteiger partial charge in [0.2, 0.25) is 0 Å². The van der Waals surface area contributed by atoms with Gasteiger partial charge in [0.15, 0.2) is 0 Å². The molecule has 134 valence electrons. The van der Waals surface area contributed by atoms with Gasteiger partial charge in [-0.05, 0) is 18.9 Å². The number of hydrogen-bond acceptors (Lipinski definition) is 4. The molecule has 2 amide bonds.